The maximum atomic E-state index is 13.4. The van der Waals surface area contributed by atoms with Crippen molar-refractivity contribution in [3.8, 4) is 0 Å². The van der Waals surface area contributed by atoms with Gasteiger partial charge in [0.2, 0.25) is 10.0 Å². The summed E-state index contributed by atoms with van der Waals surface area (Å²) < 4.78 is 64.7. The molecule has 1 aromatic carbocycles. The highest BCUT2D eigenvalue weighted by molar-refractivity contribution is 7.89. The number of halogens is 3. The lowest BCUT2D eigenvalue weighted by Crippen LogP contribution is -2.42. The Morgan fingerprint density at radius 2 is 1.85 bits per heavy atom. The molecule has 1 aliphatic carbocycles. The van der Waals surface area contributed by atoms with Crippen LogP contribution in [0.4, 0.5) is 13.2 Å². The largest absolute Gasteiger partial charge is 0.480 e. The second kappa shape index (κ2) is 5.06. The number of carbonyl (C=O) groups is 1. The van der Waals surface area contributed by atoms with E-state index in [9.17, 15) is 26.4 Å². The number of rotatable bonds is 5. The number of aliphatic carboxylic acids is 1. The van der Waals surface area contributed by atoms with Crippen LogP contribution in [0.3, 0.4) is 0 Å². The zero-order valence-electron chi connectivity index (χ0n) is 9.94. The molecule has 0 aromatic heterocycles. The third kappa shape index (κ3) is 2.78. The second-order valence-corrected chi connectivity index (χ2v) is 6.13. The molecular formula is C11H10F3NO4S. The van der Waals surface area contributed by atoms with E-state index in [1.807, 2.05) is 0 Å². The molecule has 0 radical (unpaired) electrons. The van der Waals surface area contributed by atoms with Gasteiger partial charge in [0, 0.05) is 0 Å². The molecular weight excluding hydrogens is 299 g/mol. The summed E-state index contributed by atoms with van der Waals surface area (Å²) in [6.07, 6.45) is 1.06. The fourth-order valence-electron chi connectivity index (χ4n) is 1.72. The molecule has 1 unspecified atom stereocenters. The monoisotopic (exact) mass is 309 g/mol. The van der Waals surface area contributed by atoms with Gasteiger partial charge in [-0.05, 0) is 30.9 Å². The molecule has 1 aliphatic rings. The molecule has 0 amide bonds. The van der Waals surface area contributed by atoms with Gasteiger partial charge < -0.3 is 5.11 Å². The Bertz CT molecular complexity index is 658. The summed E-state index contributed by atoms with van der Waals surface area (Å²) in [5.74, 6) is -7.11. The summed E-state index contributed by atoms with van der Waals surface area (Å²) in [5, 5.41) is 8.91. The van der Waals surface area contributed by atoms with E-state index in [0.29, 0.717) is 25.0 Å². The lowest BCUT2D eigenvalue weighted by atomic mass is 10.2. The Labute approximate surface area is 112 Å². The summed E-state index contributed by atoms with van der Waals surface area (Å²) >= 11 is 0. The first-order valence-electron chi connectivity index (χ1n) is 5.62. The molecule has 1 atom stereocenters. The highest BCUT2D eigenvalue weighted by Gasteiger charge is 2.40. The van der Waals surface area contributed by atoms with Gasteiger partial charge in [-0.15, -0.1) is 0 Å². The SMILES string of the molecule is O=C(O)C(NS(=O)(=O)c1ccc(F)c(F)c1F)C1CC1. The standard InChI is InChI=1S/C11H10F3NO4S/c12-6-3-4-7(9(14)8(6)13)20(18,19)15-10(11(16)17)5-1-2-5/h3-5,10,15H,1-2H2,(H,16,17). The van der Waals surface area contributed by atoms with Gasteiger partial charge in [0.1, 0.15) is 10.9 Å². The first-order valence-corrected chi connectivity index (χ1v) is 7.11. The quantitative estimate of drug-likeness (QED) is 0.802. The van der Waals surface area contributed by atoms with Crippen LogP contribution in [0, 0.1) is 23.4 Å². The number of carboxylic acid groups (broad SMARTS) is 1. The minimum absolute atomic E-state index is 0.379. The van der Waals surface area contributed by atoms with Crippen LogP contribution in [0.15, 0.2) is 17.0 Å². The molecule has 0 heterocycles. The molecule has 1 saturated carbocycles. The van der Waals surface area contributed by atoms with Crippen molar-refractivity contribution >= 4 is 16.0 Å². The number of sulfonamides is 1. The van der Waals surface area contributed by atoms with Crippen LogP contribution >= 0.6 is 0 Å². The van der Waals surface area contributed by atoms with E-state index in [1.54, 1.807) is 4.72 Å². The van der Waals surface area contributed by atoms with Crippen molar-refractivity contribution in [3.05, 3.63) is 29.6 Å². The topological polar surface area (TPSA) is 83.5 Å². The number of benzene rings is 1. The van der Waals surface area contributed by atoms with Crippen molar-refractivity contribution in [2.45, 2.75) is 23.8 Å². The van der Waals surface area contributed by atoms with Gasteiger partial charge in [0.15, 0.2) is 17.5 Å². The zero-order valence-corrected chi connectivity index (χ0v) is 10.8. The maximum Gasteiger partial charge on any atom is 0.322 e. The van der Waals surface area contributed by atoms with Crippen LogP contribution in [0.1, 0.15) is 12.8 Å². The minimum atomic E-state index is -4.59. The van der Waals surface area contributed by atoms with E-state index in [2.05, 4.69) is 0 Å². The minimum Gasteiger partial charge on any atom is -0.480 e. The first kappa shape index (κ1) is 14.8. The van der Waals surface area contributed by atoms with Crippen LogP contribution in [-0.4, -0.2) is 25.5 Å². The van der Waals surface area contributed by atoms with Crippen molar-refractivity contribution in [2.75, 3.05) is 0 Å². The molecule has 5 nitrogen and oxygen atoms in total. The Kier molecular flexibility index (Phi) is 3.74. The predicted molar refractivity (Wildman–Crippen MR) is 60.8 cm³/mol. The van der Waals surface area contributed by atoms with Crippen molar-refractivity contribution in [3.63, 3.8) is 0 Å². The van der Waals surface area contributed by atoms with Crippen LogP contribution in [0.25, 0.3) is 0 Å². The Morgan fingerprint density at radius 3 is 2.35 bits per heavy atom. The van der Waals surface area contributed by atoms with E-state index in [1.165, 1.54) is 0 Å². The normalized spacial score (nSPS) is 16.9. The maximum absolute atomic E-state index is 13.4. The lowest BCUT2D eigenvalue weighted by Gasteiger charge is -2.14. The summed E-state index contributed by atoms with van der Waals surface area (Å²) in [4.78, 5) is 9.82. The smallest absolute Gasteiger partial charge is 0.322 e. The fraction of sp³-hybridized carbons (Fsp3) is 0.364. The Morgan fingerprint density at radius 1 is 1.25 bits per heavy atom. The number of nitrogens with one attached hydrogen (secondary N) is 1. The average molecular weight is 309 g/mol. The molecule has 2 rings (SSSR count). The van der Waals surface area contributed by atoms with Gasteiger partial charge in [0.05, 0.1) is 0 Å². The van der Waals surface area contributed by atoms with Crippen LogP contribution < -0.4 is 4.72 Å². The van der Waals surface area contributed by atoms with Gasteiger partial charge >= 0.3 is 5.97 Å². The molecule has 9 heteroatoms. The Balaban J connectivity index is 2.35. The molecule has 110 valence electrons. The number of carboxylic acids is 1. The highest BCUT2D eigenvalue weighted by Crippen LogP contribution is 2.33. The molecule has 0 spiro atoms. The van der Waals surface area contributed by atoms with E-state index in [0.717, 1.165) is 0 Å². The highest BCUT2D eigenvalue weighted by atomic mass is 32.2. The van der Waals surface area contributed by atoms with Gasteiger partial charge in [-0.1, -0.05) is 0 Å². The molecule has 20 heavy (non-hydrogen) atoms. The third-order valence-electron chi connectivity index (χ3n) is 2.93. The van der Waals surface area contributed by atoms with Gasteiger partial charge in [-0.3, -0.25) is 4.79 Å². The molecule has 1 fully saturated rings. The first-order chi connectivity index (χ1) is 9.24. The van der Waals surface area contributed by atoms with E-state index >= 15 is 0 Å². The molecule has 2 N–H and O–H groups in total. The van der Waals surface area contributed by atoms with Crippen molar-refractivity contribution in [1.82, 2.24) is 4.72 Å². The van der Waals surface area contributed by atoms with E-state index < -0.39 is 44.4 Å². The summed E-state index contributed by atoms with van der Waals surface area (Å²) in [7, 11) is -4.59. The summed E-state index contributed by atoms with van der Waals surface area (Å²) in [5.41, 5.74) is 0. The van der Waals surface area contributed by atoms with Gasteiger partial charge in [0.25, 0.3) is 0 Å². The van der Waals surface area contributed by atoms with E-state index in [-0.39, 0.29) is 5.92 Å². The lowest BCUT2D eigenvalue weighted by molar-refractivity contribution is -0.139. The Hall–Kier alpha value is -1.61. The van der Waals surface area contributed by atoms with Crippen LogP contribution in [0.2, 0.25) is 0 Å². The van der Waals surface area contributed by atoms with Gasteiger partial charge in [-0.2, -0.15) is 4.72 Å². The number of hydrogen-bond acceptors (Lipinski definition) is 3. The molecule has 0 saturated heterocycles. The van der Waals surface area contributed by atoms with Crippen molar-refractivity contribution in [2.24, 2.45) is 5.92 Å². The third-order valence-corrected chi connectivity index (χ3v) is 4.39. The molecule has 1 aromatic rings. The van der Waals surface area contributed by atoms with Gasteiger partial charge in [-0.25, -0.2) is 21.6 Å². The van der Waals surface area contributed by atoms with Crippen LogP contribution in [0.5, 0.6) is 0 Å². The van der Waals surface area contributed by atoms with Crippen LogP contribution in [-0.2, 0) is 14.8 Å². The van der Waals surface area contributed by atoms with Crippen molar-refractivity contribution < 1.29 is 31.5 Å². The summed E-state index contributed by atoms with van der Waals surface area (Å²) in [6, 6.07) is -0.408. The van der Waals surface area contributed by atoms with Crippen molar-refractivity contribution in [1.29, 1.82) is 0 Å². The predicted octanol–water partition coefficient (Wildman–Crippen LogP) is 1.25. The molecule has 0 bridgehead atoms. The second-order valence-electron chi connectivity index (χ2n) is 4.45. The fourth-order valence-corrected chi connectivity index (χ4v) is 3.05. The summed E-state index contributed by atoms with van der Waals surface area (Å²) in [6.45, 7) is 0. The van der Waals surface area contributed by atoms with E-state index in [4.69, 9.17) is 5.11 Å². The number of hydrogen-bond donors (Lipinski definition) is 2. The zero-order chi connectivity index (χ0) is 15.1. The molecule has 0 aliphatic heterocycles. The average Bonchev–Trinajstić information content (AvgIpc) is 3.16.